The minimum absolute atomic E-state index is 0.308. The highest BCUT2D eigenvalue weighted by molar-refractivity contribution is 7.95. The number of nitrogens with zero attached hydrogens (tertiary/aromatic N) is 1. The predicted molar refractivity (Wildman–Crippen MR) is 111 cm³/mol. The van der Waals surface area contributed by atoms with E-state index in [4.69, 9.17) is 27.9 Å². The van der Waals surface area contributed by atoms with Gasteiger partial charge >= 0.3 is 5.97 Å². The molecular formula is C20H20Cl2N2O2S. The number of nitrogens with one attached hydrogen (secondary N) is 1. The summed E-state index contributed by atoms with van der Waals surface area (Å²) in [6, 6.07) is 13.2. The lowest BCUT2D eigenvalue weighted by Crippen LogP contribution is -2.32. The summed E-state index contributed by atoms with van der Waals surface area (Å²) in [5.74, 6) is -0.366. The molecule has 0 bridgehead atoms. The summed E-state index contributed by atoms with van der Waals surface area (Å²) in [5.41, 5.74) is 3.65. The molecule has 142 valence electrons. The maximum Gasteiger partial charge on any atom is 0.337 e. The first kappa shape index (κ1) is 20.1. The van der Waals surface area contributed by atoms with Crippen molar-refractivity contribution in [2.24, 2.45) is 0 Å². The molecule has 0 fully saturated rings. The molecule has 2 aromatic rings. The maximum atomic E-state index is 12.6. The van der Waals surface area contributed by atoms with E-state index < -0.39 is 0 Å². The van der Waals surface area contributed by atoms with Gasteiger partial charge in [-0.1, -0.05) is 59.1 Å². The summed E-state index contributed by atoms with van der Waals surface area (Å²) in [4.78, 5) is 12.6. The van der Waals surface area contributed by atoms with Crippen molar-refractivity contribution in [1.29, 1.82) is 0 Å². The van der Waals surface area contributed by atoms with Gasteiger partial charge in [0.05, 0.1) is 24.8 Å². The van der Waals surface area contributed by atoms with Crippen molar-refractivity contribution in [3.8, 4) is 0 Å². The zero-order valence-corrected chi connectivity index (χ0v) is 17.4. The van der Waals surface area contributed by atoms with Crippen LogP contribution in [0, 0.1) is 6.92 Å². The molecule has 0 saturated heterocycles. The first-order valence-electron chi connectivity index (χ1n) is 8.56. The fraction of sp³-hybridized carbons (Fsp3) is 0.250. The molecule has 0 radical (unpaired) electrons. The first-order chi connectivity index (χ1) is 13.0. The number of benzene rings is 2. The third kappa shape index (κ3) is 4.99. The van der Waals surface area contributed by atoms with Gasteiger partial charge in [0.1, 0.15) is 0 Å². The number of carbonyl (C=O) groups is 1. The Labute approximate surface area is 173 Å². The van der Waals surface area contributed by atoms with Gasteiger partial charge in [-0.3, -0.25) is 0 Å². The fourth-order valence-electron chi connectivity index (χ4n) is 2.74. The largest absolute Gasteiger partial charge is 0.463 e. The topological polar surface area (TPSA) is 41.6 Å². The van der Waals surface area contributed by atoms with E-state index in [1.807, 2.05) is 16.6 Å². The van der Waals surface area contributed by atoms with Gasteiger partial charge in [0.15, 0.2) is 0 Å². The van der Waals surface area contributed by atoms with Crippen LogP contribution in [0.2, 0.25) is 10.0 Å². The lowest BCUT2D eigenvalue weighted by molar-refractivity contribution is -0.139. The second-order valence-electron chi connectivity index (χ2n) is 6.17. The van der Waals surface area contributed by atoms with Gasteiger partial charge in [-0.15, -0.1) is 0 Å². The van der Waals surface area contributed by atoms with Crippen LogP contribution in [0.1, 0.15) is 29.7 Å². The van der Waals surface area contributed by atoms with Crippen LogP contribution in [0.3, 0.4) is 0 Å². The number of aryl methyl sites for hydroxylation is 1. The molecule has 3 rings (SSSR count). The van der Waals surface area contributed by atoms with E-state index >= 15 is 0 Å². The SMILES string of the molecule is CCOC(=O)C1=CN(Cc2ccc(C)cc2)SNC1c1ccc(Cl)cc1Cl. The third-order valence-electron chi connectivity index (χ3n) is 4.13. The van der Waals surface area contributed by atoms with Gasteiger partial charge < -0.3 is 9.04 Å². The van der Waals surface area contributed by atoms with E-state index in [1.54, 1.807) is 19.1 Å². The Morgan fingerprint density at radius 1 is 1.22 bits per heavy atom. The third-order valence-corrected chi connectivity index (χ3v) is 5.50. The Morgan fingerprint density at radius 2 is 1.96 bits per heavy atom. The Balaban J connectivity index is 1.89. The average molecular weight is 423 g/mol. The number of halogens is 2. The van der Waals surface area contributed by atoms with E-state index in [0.717, 1.165) is 11.1 Å². The summed E-state index contributed by atoms with van der Waals surface area (Å²) in [7, 11) is 0. The summed E-state index contributed by atoms with van der Waals surface area (Å²) in [6.45, 7) is 4.81. The molecule has 0 saturated carbocycles. The van der Waals surface area contributed by atoms with Crippen molar-refractivity contribution < 1.29 is 9.53 Å². The average Bonchev–Trinajstić information content (AvgIpc) is 2.64. The highest BCUT2D eigenvalue weighted by Gasteiger charge is 2.30. The lowest BCUT2D eigenvalue weighted by atomic mass is 10.00. The number of esters is 1. The Kier molecular flexibility index (Phi) is 6.71. The van der Waals surface area contributed by atoms with Gasteiger partial charge in [-0.05, 0) is 37.1 Å². The molecule has 0 spiro atoms. The standard InChI is InChI=1S/C20H20Cl2N2O2S/c1-3-26-20(25)17-12-24(11-14-6-4-13(2)5-7-14)27-23-19(17)16-9-8-15(21)10-18(16)22/h4-10,12,19,23H,3,11H2,1-2H3. The number of carbonyl (C=O) groups excluding carboxylic acids is 1. The van der Waals surface area contributed by atoms with Crippen molar-refractivity contribution in [3.05, 3.63) is 81.0 Å². The lowest BCUT2D eigenvalue weighted by Gasteiger charge is -2.31. The minimum Gasteiger partial charge on any atom is -0.463 e. The summed E-state index contributed by atoms with van der Waals surface area (Å²) >= 11 is 13.8. The van der Waals surface area contributed by atoms with E-state index in [-0.39, 0.29) is 12.0 Å². The fourth-order valence-corrected chi connectivity index (χ4v) is 4.14. The molecule has 7 heteroatoms. The zero-order valence-electron chi connectivity index (χ0n) is 15.0. The van der Waals surface area contributed by atoms with Crippen molar-refractivity contribution in [1.82, 2.24) is 9.03 Å². The van der Waals surface area contributed by atoms with Crippen LogP contribution >= 0.6 is 35.3 Å². The molecule has 1 atom stereocenters. The second kappa shape index (κ2) is 9.02. The number of hydrogen-bond acceptors (Lipinski definition) is 5. The first-order valence-corrected chi connectivity index (χ1v) is 10.1. The molecule has 1 N–H and O–H groups in total. The van der Waals surface area contributed by atoms with Crippen molar-refractivity contribution in [2.45, 2.75) is 26.4 Å². The highest BCUT2D eigenvalue weighted by Crippen LogP contribution is 2.36. The molecule has 2 aromatic carbocycles. The Hall–Kier alpha value is -1.66. The van der Waals surface area contributed by atoms with Crippen molar-refractivity contribution in [3.63, 3.8) is 0 Å². The molecule has 1 aliphatic heterocycles. The van der Waals surface area contributed by atoms with E-state index in [1.165, 1.54) is 17.7 Å². The van der Waals surface area contributed by atoms with Crippen molar-refractivity contribution >= 4 is 41.3 Å². The van der Waals surface area contributed by atoms with Crippen LogP contribution in [0.25, 0.3) is 0 Å². The molecule has 1 unspecified atom stereocenters. The Bertz CT molecular complexity index is 856. The van der Waals surface area contributed by atoms with Crippen LogP contribution in [0.5, 0.6) is 0 Å². The van der Waals surface area contributed by atoms with E-state index in [9.17, 15) is 4.79 Å². The van der Waals surface area contributed by atoms with Crippen LogP contribution in [-0.4, -0.2) is 16.9 Å². The second-order valence-corrected chi connectivity index (χ2v) is 7.90. The van der Waals surface area contributed by atoms with E-state index in [2.05, 4.69) is 35.9 Å². The van der Waals surface area contributed by atoms with Gasteiger partial charge in [0.2, 0.25) is 0 Å². The molecule has 27 heavy (non-hydrogen) atoms. The maximum absolute atomic E-state index is 12.6. The Morgan fingerprint density at radius 3 is 2.63 bits per heavy atom. The summed E-state index contributed by atoms with van der Waals surface area (Å²) in [6.07, 6.45) is 1.83. The molecule has 1 aliphatic rings. The van der Waals surface area contributed by atoms with Gasteiger partial charge in [0.25, 0.3) is 0 Å². The number of hydrogen-bond donors (Lipinski definition) is 1. The quantitative estimate of drug-likeness (QED) is 0.511. The predicted octanol–water partition coefficient (Wildman–Crippen LogP) is 5.46. The monoisotopic (exact) mass is 422 g/mol. The van der Waals surface area contributed by atoms with Crippen LogP contribution < -0.4 is 4.72 Å². The number of rotatable bonds is 5. The number of ether oxygens (including phenoxy) is 1. The molecule has 0 aliphatic carbocycles. The van der Waals surface area contributed by atoms with Gasteiger partial charge in [-0.25, -0.2) is 9.52 Å². The van der Waals surface area contributed by atoms with Crippen LogP contribution in [0.4, 0.5) is 0 Å². The van der Waals surface area contributed by atoms with Crippen LogP contribution in [-0.2, 0) is 16.1 Å². The molecular weight excluding hydrogens is 403 g/mol. The highest BCUT2D eigenvalue weighted by atomic mass is 35.5. The molecule has 0 aromatic heterocycles. The van der Waals surface area contributed by atoms with Crippen molar-refractivity contribution in [2.75, 3.05) is 6.61 Å². The summed E-state index contributed by atoms with van der Waals surface area (Å²) < 4.78 is 10.5. The summed E-state index contributed by atoms with van der Waals surface area (Å²) in [5, 5.41) is 1.05. The van der Waals surface area contributed by atoms with E-state index in [0.29, 0.717) is 28.8 Å². The van der Waals surface area contributed by atoms with Crippen LogP contribution in [0.15, 0.2) is 54.2 Å². The minimum atomic E-state index is -0.381. The zero-order chi connectivity index (χ0) is 19.4. The molecule has 1 heterocycles. The van der Waals surface area contributed by atoms with Gasteiger partial charge in [-0.2, -0.15) is 0 Å². The molecule has 4 nitrogen and oxygen atoms in total. The van der Waals surface area contributed by atoms with Gasteiger partial charge in [0, 0.05) is 28.4 Å². The normalized spacial score (nSPS) is 16.8. The smallest absolute Gasteiger partial charge is 0.337 e. The molecule has 0 amide bonds.